The molecule has 0 aromatic carbocycles. The molecule has 0 bridgehead atoms. The van der Waals surface area contributed by atoms with Crippen molar-refractivity contribution >= 4 is 21.4 Å². The molecule has 0 saturated carbocycles. The quantitative estimate of drug-likeness (QED) is 0.833. The smallest absolute Gasteiger partial charge is 0.213 e. The molecule has 0 spiro atoms. The molecule has 2 saturated heterocycles. The van der Waals surface area contributed by atoms with E-state index in [-0.39, 0.29) is 17.8 Å². The molecule has 3 rings (SSSR count). The van der Waals surface area contributed by atoms with Crippen molar-refractivity contribution in [1.29, 1.82) is 0 Å². The predicted molar refractivity (Wildman–Crippen MR) is 83.9 cm³/mol. The lowest BCUT2D eigenvalue weighted by Gasteiger charge is -2.22. The molecule has 118 valence electrons. The van der Waals surface area contributed by atoms with E-state index < -0.39 is 10.0 Å². The lowest BCUT2D eigenvalue weighted by molar-refractivity contribution is 0.0546. The second-order valence-electron chi connectivity index (χ2n) is 5.70. The van der Waals surface area contributed by atoms with Crippen molar-refractivity contribution in [2.24, 2.45) is 5.92 Å². The van der Waals surface area contributed by atoms with Gasteiger partial charge in [-0.15, -0.1) is 11.3 Å². The molecule has 21 heavy (non-hydrogen) atoms. The van der Waals surface area contributed by atoms with Crippen LogP contribution >= 0.6 is 11.3 Å². The van der Waals surface area contributed by atoms with Crippen LogP contribution in [0.1, 0.15) is 11.8 Å². The molecule has 5 nitrogen and oxygen atoms in total. The van der Waals surface area contributed by atoms with Gasteiger partial charge in [0.15, 0.2) is 0 Å². The Morgan fingerprint density at radius 1 is 1.38 bits per heavy atom. The van der Waals surface area contributed by atoms with Gasteiger partial charge in [-0.1, -0.05) is 6.07 Å². The third-order valence-electron chi connectivity index (χ3n) is 4.30. The second-order valence-corrected chi connectivity index (χ2v) is 8.99. The van der Waals surface area contributed by atoms with E-state index in [0.717, 1.165) is 19.6 Å². The Bertz CT molecular complexity index is 559. The molecule has 7 heteroatoms. The largest absolute Gasteiger partial charge is 0.375 e. The molecule has 1 aromatic heterocycles. The van der Waals surface area contributed by atoms with E-state index in [0.29, 0.717) is 19.7 Å². The lowest BCUT2D eigenvalue weighted by atomic mass is 10.1. The number of ether oxygens (including phenoxy) is 1. The number of thiophene rings is 1. The number of fused-ring (bicyclic) bond motifs is 1. The third kappa shape index (κ3) is 3.48. The predicted octanol–water partition coefficient (Wildman–Crippen LogP) is 1.23. The molecule has 0 radical (unpaired) electrons. The van der Waals surface area contributed by atoms with Crippen molar-refractivity contribution in [2.45, 2.75) is 19.6 Å². The van der Waals surface area contributed by atoms with E-state index in [4.69, 9.17) is 4.74 Å². The molecule has 2 atom stereocenters. The van der Waals surface area contributed by atoms with Crippen LogP contribution in [-0.2, 0) is 21.3 Å². The molecular formula is C14H22N2O3S2. The highest BCUT2D eigenvalue weighted by Crippen LogP contribution is 2.26. The first-order valence-corrected chi connectivity index (χ1v) is 9.91. The molecule has 2 aliphatic rings. The summed E-state index contributed by atoms with van der Waals surface area (Å²) in [5, 5.41) is 2.09. The average molecular weight is 330 g/mol. The Morgan fingerprint density at radius 3 is 2.95 bits per heavy atom. The van der Waals surface area contributed by atoms with Gasteiger partial charge in [-0.3, -0.25) is 4.90 Å². The van der Waals surface area contributed by atoms with E-state index in [9.17, 15) is 8.42 Å². The van der Waals surface area contributed by atoms with Gasteiger partial charge in [0.05, 0.1) is 18.5 Å². The van der Waals surface area contributed by atoms with Crippen LogP contribution in [0.4, 0.5) is 0 Å². The number of sulfonamides is 1. The van der Waals surface area contributed by atoms with E-state index in [1.54, 1.807) is 22.6 Å². The molecule has 0 unspecified atom stereocenters. The van der Waals surface area contributed by atoms with E-state index in [2.05, 4.69) is 22.4 Å². The Hall–Kier alpha value is -0.470. The van der Waals surface area contributed by atoms with Crippen LogP contribution in [0.3, 0.4) is 0 Å². The number of nitrogens with zero attached hydrogens (tertiary/aromatic N) is 2. The first-order chi connectivity index (χ1) is 10.1. The first kappa shape index (κ1) is 15.4. The fraction of sp³-hybridized carbons (Fsp3) is 0.714. The maximum absolute atomic E-state index is 12.0. The van der Waals surface area contributed by atoms with E-state index in [1.807, 2.05) is 0 Å². The summed E-state index contributed by atoms with van der Waals surface area (Å²) in [5.74, 6) is 0.458. The monoisotopic (exact) mass is 330 g/mol. The highest BCUT2D eigenvalue weighted by molar-refractivity contribution is 7.89. The Kier molecular flexibility index (Phi) is 4.66. The van der Waals surface area contributed by atoms with Crippen LogP contribution in [0.5, 0.6) is 0 Å². The van der Waals surface area contributed by atoms with Crippen LogP contribution in [0.25, 0.3) is 0 Å². The van der Waals surface area contributed by atoms with Crippen LogP contribution in [0, 0.1) is 5.92 Å². The zero-order valence-corrected chi connectivity index (χ0v) is 13.9. The summed E-state index contributed by atoms with van der Waals surface area (Å²) >= 11 is 1.77. The minimum atomic E-state index is -3.10. The highest BCUT2D eigenvalue weighted by Gasteiger charge is 2.40. The van der Waals surface area contributed by atoms with Gasteiger partial charge in [0, 0.05) is 43.5 Å². The van der Waals surface area contributed by atoms with Gasteiger partial charge in [0.2, 0.25) is 10.0 Å². The normalized spacial score (nSPS) is 28.4. The van der Waals surface area contributed by atoms with Crippen molar-refractivity contribution in [2.75, 3.05) is 38.5 Å². The molecule has 2 fully saturated rings. The maximum Gasteiger partial charge on any atom is 0.213 e. The van der Waals surface area contributed by atoms with Gasteiger partial charge >= 0.3 is 0 Å². The van der Waals surface area contributed by atoms with Gasteiger partial charge < -0.3 is 4.74 Å². The average Bonchev–Trinajstić information content (AvgIpc) is 3.06. The SMILES string of the molecule is CCS(=O)(=O)N1C[C@H]2CN(Cc3cccs3)CCO[C@H]2C1. The van der Waals surface area contributed by atoms with Crippen LogP contribution in [-0.4, -0.2) is 62.3 Å². The lowest BCUT2D eigenvalue weighted by Crippen LogP contribution is -2.34. The Labute approximate surface area is 130 Å². The summed E-state index contributed by atoms with van der Waals surface area (Å²) in [5.41, 5.74) is 0. The van der Waals surface area contributed by atoms with Crippen molar-refractivity contribution in [3.63, 3.8) is 0 Å². The standard InChI is InChI=1S/C14H22N2O3S2/c1-2-21(17,18)16-9-12-8-15(5-6-19-14(12)11-16)10-13-4-3-7-20-13/h3-4,7,12,14H,2,5-6,8-11H2,1H3/t12-,14+/m1/s1. The fourth-order valence-electron chi connectivity index (χ4n) is 3.10. The number of hydrogen-bond donors (Lipinski definition) is 0. The summed E-state index contributed by atoms with van der Waals surface area (Å²) < 4.78 is 31.6. The van der Waals surface area contributed by atoms with E-state index in [1.165, 1.54) is 4.88 Å². The molecular weight excluding hydrogens is 308 g/mol. The van der Waals surface area contributed by atoms with Crippen LogP contribution in [0.15, 0.2) is 17.5 Å². The summed E-state index contributed by atoms with van der Waals surface area (Å²) in [7, 11) is -3.10. The van der Waals surface area contributed by atoms with Gasteiger partial charge in [-0.05, 0) is 18.4 Å². The summed E-state index contributed by atoms with van der Waals surface area (Å²) in [6, 6.07) is 4.22. The van der Waals surface area contributed by atoms with Crippen LogP contribution in [0.2, 0.25) is 0 Å². The fourth-order valence-corrected chi connectivity index (χ4v) is 5.00. The van der Waals surface area contributed by atoms with Crippen LogP contribution < -0.4 is 0 Å². The zero-order chi connectivity index (χ0) is 14.9. The van der Waals surface area contributed by atoms with Gasteiger partial charge in [-0.2, -0.15) is 4.31 Å². The van der Waals surface area contributed by atoms with Gasteiger partial charge in [-0.25, -0.2) is 8.42 Å². The summed E-state index contributed by atoms with van der Waals surface area (Å²) in [6.07, 6.45) is 0.0552. The molecule has 0 aliphatic carbocycles. The van der Waals surface area contributed by atoms with Gasteiger partial charge in [0.1, 0.15) is 0 Å². The summed E-state index contributed by atoms with van der Waals surface area (Å²) in [4.78, 5) is 3.74. The zero-order valence-electron chi connectivity index (χ0n) is 12.3. The molecule has 0 N–H and O–H groups in total. The maximum atomic E-state index is 12.0. The minimum absolute atomic E-state index is 0.0552. The number of rotatable bonds is 4. The molecule has 3 heterocycles. The van der Waals surface area contributed by atoms with Gasteiger partial charge in [0.25, 0.3) is 0 Å². The third-order valence-corrected chi connectivity index (χ3v) is 6.97. The van der Waals surface area contributed by atoms with Crippen molar-refractivity contribution < 1.29 is 13.2 Å². The minimum Gasteiger partial charge on any atom is -0.375 e. The highest BCUT2D eigenvalue weighted by atomic mass is 32.2. The molecule has 1 aromatic rings. The Balaban J connectivity index is 1.65. The second kappa shape index (κ2) is 6.34. The topological polar surface area (TPSA) is 49.9 Å². The van der Waals surface area contributed by atoms with Crippen molar-refractivity contribution in [1.82, 2.24) is 9.21 Å². The summed E-state index contributed by atoms with van der Waals surface area (Å²) in [6.45, 7) is 6.28. The van der Waals surface area contributed by atoms with E-state index >= 15 is 0 Å². The van der Waals surface area contributed by atoms with Crippen molar-refractivity contribution in [3.8, 4) is 0 Å². The molecule has 2 aliphatic heterocycles. The Morgan fingerprint density at radius 2 is 2.24 bits per heavy atom. The van der Waals surface area contributed by atoms with Crippen molar-refractivity contribution in [3.05, 3.63) is 22.4 Å². The first-order valence-electron chi connectivity index (χ1n) is 7.42. The number of hydrogen-bond acceptors (Lipinski definition) is 5. The molecule has 0 amide bonds.